The lowest BCUT2D eigenvalue weighted by atomic mass is 10.4. The molecule has 0 aliphatic heterocycles. The summed E-state index contributed by atoms with van der Waals surface area (Å²) in [5.74, 6) is 0. The second-order valence-corrected chi connectivity index (χ2v) is 1.81. The summed E-state index contributed by atoms with van der Waals surface area (Å²) in [6.07, 6.45) is 0. The standard InChI is InChI=1S/C4H12N2O/c1-4(2)5-6(3)7/h4-5,7H,1-3H3. The third-order valence-electron chi connectivity index (χ3n) is 0.445. The van der Waals surface area contributed by atoms with Gasteiger partial charge in [-0.15, -0.1) is 5.17 Å². The van der Waals surface area contributed by atoms with E-state index >= 15 is 0 Å². The van der Waals surface area contributed by atoms with Crippen LogP contribution in [0, 0.1) is 0 Å². The van der Waals surface area contributed by atoms with Gasteiger partial charge in [-0.2, -0.15) is 0 Å². The zero-order valence-electron chi connectivity index (χ0n) is 4.97. The van der Waals surface area contributed by atoms with Crippen molar-refractivity contribution in [1.82, 2.24) is 10.6 Å². The van der Waals surface area contributed by atoms with Gasteiger partial charge in [-0.3, -0.25) is 5.21 Å². The predicted octanol–water partition coefficient (Wildman–Crippen LogP) is 0.220. The zero-order valence-corrected chi connectivity index (χ0v) is 4.97. The Labute approximate surface area is 43.9 Å². The summed E-state index contributed by atoms with van der Waals surface area (Å²) in [5.41, 5.74) is 2.69. The molecule has 0 saturated carbocycles. The number of hydrazine groups is 1. The number of nitrogens with one attached hydrogen (secondary N) is 1. The van der Waals surface area contributed by atoms with Gasteiger partial charge in [0.1, 0.15) is 0 Å². The van der Waals surface area contributed by atoms with Crippen molar-refractivity contribution in [2.24, 2.45) is 0 Å². The molecule has 2 N–H and O–H groups in total. The summed E-state index contributed by atoms with van der Waals surface area (Å²) in [6.45, 7) is 3.90. The summed E-state index contributed by atoms with van der Waals surface area (Å²) in [7, 11) is 1.54. The lowest BCUT2D eigenvalue weighted by Crippen LogP contribution is -2.36. The highest BCUT2D eigenvalue weighted by atomic mass is 16.5. The van der Waals surface area contributed by atoms with Crippen LogP contribution in [0.25, 0.3) is 0 Å². The lowest BCUT2D eigenvalue weighted by molar-refractivity contribution is -0.119. The van der Waals surface area contributed by atoms with Crippen LogP contribution in [0.1, 0.15) is 13.8 Å². The Morgan fingerprint density at radius 1 is 1.57 bits per heavy atom. The van der Waals surface area contributed by atoms with Crippen LogP contribution in [0.2, 0.25) is 0 Å². The Morgan fingerprint density at radius 2 is 2.00 bits per heavy atom. The largest absolute Gasteiger partial charge is 0.299 e. The van der Waals surface area contributed by atoms with Crippen LogP contribution in [0.4, 0.5) is 0 Å². The van der Waals surface area contributed by atoms with Crippen molar-refractivity contribution in [1.29, 1.82) is 0 Å². The first-order chi connectivity index (χ1) is 3.13. The molecule has 0 rings (SSSR count). The SMILES string of the molecule is CC(C)NN(C)O. The third kappa shape index (κ3) is 5.88. The van der Waals surface area contributed by atoms with Crippen molar-refractivity contribution >= 4 is 0 Å². The molecule has 0 bridgehead atoms. The maximum atomic E-state index is 8.44. The van der Waals surface area contributed by atoms with Crippen LogP contribution in [0.3, 0.4) is 0 Å². The Balaban J connectivity index is 2.95. The van der Waals surface area contributed by atoms with Gasteiger partial charge in [0.05, 0.1) is 0 Å². The summed E-state index contributed by atoms with van der Waals surface area (Å²) < 4.78 is 0. The van der Waals surface area contributed by atoms with Crippen molar-refractivity contribution in [2.75, 3.05) is 7.05 Å². The van der Waals surface area contributed by atoms with Gasteiger partial charge in [-0.1, -0.05) is 0 Å². The highest BCUT2D eigenvalue weighted by Gasteiger charge is 1.90. The third-order valence-corrected chi connectivity index (χ3v) is 0.445. The van der Waals surface area contributed by atoms with Crippen molar-refractivity contribution in [3.05, 3.63) is 0 Å². The van der Waals surface area contributed by atoms with Gasteiger partial charge >= 0.3 is 0 Å². The van der Waals surface area contributed by atoms with E-state index in [1.165, 1.54) is 0 Å². The molecule has 0 aromatic rings. The highest BCUT2D eigenvalue weighted by Crippen LogP contribution is 1.73. The molecular formula is C4H12N2O. The molecule has 0 aliphatic rings. The van der Waals surface area contributed by atoms with Gasteiger partial charge < -0.3 is 0 Å². The van der Waals surface area contributed by atoms with Gasteiger partial charge in [0.15, 0.2) is 0 Å². The maximum absolute atomic E-state index is 8.44. The number of rotatable bonds is 2. The van der Waals surface area contributed by atoms with E-state index in [2.05, 4.69) is 5.43 Å². The Morgan fingerprint density at radius 3 is 2.00 bits per heavy atom. The van der Waals surface area contributed by atoms with Crippen LogP contribution in [0.15, 0.2) is 0 Å². The zero-order chi connectivity index (χ0) is 5.86. The van der Waals surface area contributed by atoms with Crippen LogP contribution in [-0.2, 0) is 0 Å². The minimum atomic E-state index is 0.301. The Hall–Kier alpha value is -0.120. The van der Waals surface area contributed by atoms with Crippen molar-refractivity contribution < 1.29 is 5.21 Å². The fourth-order valence-corrected chi connectivity index (χ4v) is 0.374. The normalized spacial score (nSPS) is 11.1. The number of hydrogen-bond donors (Lipinski definition) is 2. The van der Waals surface area contributed by atoms with Crippen LogP contribution in [0.5, 0.6) is 0 Å². The van der Waals surface area contributed by atoms with Gasteiger partial charge in [-0.05, 0) is 13.8 Å². The summed E-state index contributed by atoms with van der Waals surface area (Å²) in [6, 6.07) is 0.301. The van der Waals surface area contributed by atoms with E-state index in [0.29, 0.717) is 6.04 Å². The van der Waals surface area contributed by atoms with E-state index in [4.69, 9.17) is 5.21 Å². The molecule has 0 aromatic carbocycles. The first kappa shape index (κ1) is 6.88. The number of hydrogen-bond acceptors (Lipinski definition) is 3. The smallest absolute Gasteiger partial charge is 0.0285 e. The monoisotopic (exact) mass is 104 g/mol. The molecule has 0 heterocycles. The highest BCUT2D eigenvalue weighted by molar-refractivity contribution is 4.40. The summed E-state index contributed by atoms with van der Waals surface area (Å²) >= 11 is 0. The van der Waals surface area contributed by atoms with Crippen molar-refractivity contribution in [3.8, 4) is 0 Å². The average molecular weight is 104 g/mol. The van der Waals surface area contributed by atoms with Crippen LogP contribution >= 0.6 is 0 Å². The van der Waals surface area contributed by atoms with Crippen LogP contribution < -0.4 is 5.43 Å². The van der Waals surface area contributed by atoms with Crippen LogP contribution in [-0.4, -0.2) is 23.5 Å². The van der Waals surface area contributed by atoms with E-state index in [1.807, 2.05) is 13.8 Å². The second kappa shape index (κ2) is 2.96. The molecule has 0 spiro atoms. The number of nitrogens with zero attached hydrogens (tertiary/aromatic N) is 1. The molecule has 0 atom stereocenters. The first-order valence-corrected chi connectivity index (χ1v) is 2.31. The molecule has 7 heavy (non-hydrogen) atoms. The summed E-state index contributed by atoms with van der Waals surface area (Å²) in [4.78, 5) is 0. The minimum Gasteiger partial charge on any atom is -0.299 e. The molecule has 0 saturated heterocycles. The van der Waals surface area contributed by atoms with Gasteiger partial charge in [0.2, 0.25) is 0 Å². The Bertz CT molecular complexity index is 39.0. The molecule has 3 nitrogen and oxygen atoms in total. The van der Waals surface area contributed by atoms with E-state index in [-0.39, 0.29) is 0 Å². The van der Waals surface area contributed by atoms with Gasteiger partial charge in [0.25, 0.3) is 0 Å². The molecular weight excluding hydrogens is 92.1 g/mol. The Kier molecular flexibility index (Phi) is 2.91. The predicted molar refractivity (Wildman–Crippen MR) is 27.8 cm³/mol. The average Bonchev–Trinajstić information content (AvgIpc) is 1.27. The van der Waals surface area contributed by atoms with E-state index in [0.717, 1.165) is 5.17 Å². The molecule has 0 unspecified atom stereocenters. The van der Waals surface area contributed by atoms with Gasteiger partial charge in [0, 0.05) is 13.1 Å². The fourth-order valence-electron chi connectivity index (χ4n) is 0.374. The minimum absolute atomic E-state index is 0.301. The fraction of sp³-hybridized carbons (Fsp3) is 1.00. The van der Waals surface area contributed by atoms with E-state index < -0.39 is 0 Å². The first-order valence-electron chi connectivity index (χ1n) is 2.31. The second-order valence-electron chi connectivity index (χ2n) is 1.81. The molecule has 0 fully saturated rings. The molecule has 0 aromatic heterocycles. The topological polar surface area (TPSA) is 35.5 Å². The number of hydroxylamine groups is 1. The molecule has 44 valence electrons. The van der Waals surface area contributed by atoms with Gasteiger partial charge in [-0.25, -0.2) is 5.43 Å². The quantitative estimate of drug-likeness (QED) is 0.492. The molecule has 0 radical (unpaired) electrons. The maximum Gasteiger partial charge on any atom is 0.0285 e. The van der Waals surface area contributed by atoms with Crippen molar-refractivity contribution in [2.45, 2.75) is 19.9 Å². The van der Waals surface area contributed by atoms with E-state index in [1.54, 1.807) is 7.05 Å². The molecule has 0 aliphatic carbocycles. The summed E-state index contributed by atoms with van der Waals surface area (Å²) in [5, 5.41) is 9.39. The lowest BCUT2D eigenvalue weighted by Gasteiger charge is -2.12. The van der Waals surface area contributed by atoms with Crippen molar-refractivity contribution in [3.63, 3.8) is 0 Å². The molecule has 0 amide bonds. The molecule has 3 heteroatoms. The van der Waals surface area contributed by atoms with E-state index in [9.17, 15) is 0 Å².